The van der Waals surface area contributed by atoms with E-state index in [1.54, 1.807) is 0 Å². The van der Waals surface area contributed by atoms with E-state index >= 15 is 0 Å². The van der Waals surface area contributed by atoms with Gasteiger partial charge in [0.2, 0.25) is 0 Å². The van der Waals surface area contributed by atoms with Crippen LogP contribution in [0.5, 0.6) is 5.75 Å². The average Bonchev–Trinajstić information content (AvgIpc) is 2.80. The molecule has 0 saturated carbocycles. The molecule has 0 bridgehead atoms. The number of nitrogens with zero attached hydrogens (tertiary/aromatic N) is 4. The molecule has 0 atom stereocenters. The summed E-state index contributed by atoms with van der Waals surface area (Å²) < 4.78 is 14.7. The lowest BCUT2D eigenvalue weighted by atomic mass is 9.99. The normalized spacial score (nSPS) is 17.4. The fourth-order valence-corrected chi connectivity index (χ4v) is 5.05. The number of aromatic hydroxyl groups is 1. The molecule has 2 fully saturated rings. The third-order valence-electron chi connectivity index (χ3n) is 6.40. The number of hydrogen-bond acceptors (Lipinski definition) is 5. The Morgan fingerprint density at radius 1 is 0.806 bits per heavy atom. The van der Waals surface area contributed by atoms with Crippen LogP contribution in [0.15, 0.2) is 30.3 Å². The largest absolute Gasteiger partial charge is 0.507 e. The summed E-state index contributed by atoms with van der Waals surface area (Å²) in [6.45, 7) is 3.74. The number of phenols is 1. The highest BCUT2D eigenvalue weighted by Crippen LogP contribution is 2.42. The summed E-state index contributed by atoms with van der Waals surface area (Å²) >= 11 is 6.67. The lowest BCUT2D eigenvalue weighted by molar-refractivity contribution is 0.472. The Morgan fingerprint density at radius 3 is 1.90 bits per heavy atom. The second kappa shape index (κ2) is 8.50. The lowest BCUT2D eigenvalue weighted by Gasteiger charge is -2.31. The predicted octanol–water partition coefficient (Wildman–Crippen LogP) is 5.78. The van der Waals surface area contributed by atoms with Gasteiger partial charge in [0.25, 0.3) is 0 Å². The molecule has 1 aromatic heterocycles. The van der Waals surface area contributed by atoms with E-state index in [1.807, 2.05) is 12.1 Å². The molecule has 2 aliphatic rings. The Morgan fingerprint density at radius 2 is 1.35 bits per heavy atom. The SMILES string of the molecule is Oc1cccc(F)c1-c1cc2c(N3CCCCC3)nnc(N3CCCCC3)c2cc1Cl. The van der Waals surface area contributed by atoms with Gasteiger partial charge in [-0.15, -0.1) is 10.2 Å². The van der Waals surface area contributed by atoms with Crippen molar-refractivity contribution in [2.75, 3.05) is 36.0 Å². The van der Waals surface area contributed by atoms with Gasteiger partial charge in [-0.2, -0.15) is 0 Å². The standard InChI is InChI=1S/C24H26ClFN4O/c25-19-15-17-16(14-18(19)22-20(26)8-7-9-21(22)31)23(29-10-3-1-4-11-29)27-28-24(17)30-12-5-2-6-13-30/h7-9,14-15,31H,1-6,10-13H2. The van der Waals surface area contributed by atoms with Crippen LogP contribution in [0.1, 0.15) is 38.5 Å². The molecule has 2 saturated heterocycles. The van der Waals surface area contributed by atoms with Crippen molar-refractivity contribution in [2.24, 2.45) is 0 Å². The first kappa shape index (κ1) is 20.3. The van der Waals surface area contributed by atoms with Crippen molar-refractivity contribution >= 4 is 34.0 Å². The quantitative estimate of drug-likeness (QED) is 0.559. The molecular weight excluding hydrogens is 415 g/mol. The van der Waals surface area contributed by atoms with Gasteiger partial charge >= 0.3 is 0 Å². The molecular formula is C24H26ClFN4O. The number of anilines is 2. The molecule has 3 aromatic rings. The van der Waals surface area contributed by atoms with Crippen molar-refractivity contribution in [3.05, 3.63) is 41.2 Å². The Balaban J connectivity index is 1.73. The van der Waals surface area contributed by atoms with Gasteiger partial charge < -0.3 is 14.9 Å². The third kappa shape index (κ3) is 3.78. The van der Waals surface area contributed by atoms with Gasteiger partial charge in [0, 0.05) is 47.5 Å². The van der Waals surface area contributed by atoms with Crippen LogP contribution < -0.4 is 9.80 Å². The molecule has 0 aliphatic carbocycles. The van der Waals surface area contributed by atoms with Crippen molar-refractivity contribution in [3.8, 4) is 16.9 Å². The second-order valence-electron chi connectivity index (χ2n) is 8.45. The van der Waals surface area contributed by atoms with Crippen LogP contribution >= 0.6 is 11.6 Å². The van der Waals surface area contributed by atoms with Gasteiger partial charge in [-0.3, -0.25) is 0 Å². The number of rotatable bonds is 3. The fourth-order valence-electron chi connectivity index (χ4n) is 4.80. The molecule has 5 nitrogen and oxygen atoms in total. The van der Waals surface area contributed by atoms with Gasteiger partial charge in [0.05, 0.1) is 5.56 Å². The minimum Gasteiger partial charge on any atom is -0.507 e. The molecule has 0 radical (unpaired) electrons. The summed E-state index contributed by atoms with van der Waals surface area (Å²) in [6.07, 6.45) is 6.94. The summed E-state index contributed by atoms with van der Waals surface area (Å²) in [5.74, 6) is 1.02. The Bertz CT molecular complexity index is 1090. The average molecular weight is 441 g/mol. The van der Waals surface area contributed by atoms with E-state index in [0.717, 1.165) is 74.3 Å². The lowest BCUT2D eigenvalue weighted by Crippen LogP contribution is -2.32. The van der Waals surface area contributed by atoms with Gasteiger partial charge in [0.1, 0.15) is 11.6 Å². The van der Waals surface area contributed by atoms with Crippen molar-refractivity contribution < 1.29 is 9.50 Å². The highest BCUT2D eigenvalue weighted by Gasteiger charge is 2.24. The third-order valence-corrected chi connectivity index (χ3v) is 6.71. The van der Waals surface area contributed by atoms with Crippen molar-refractivity contribution in [1.82, 2.24) is 10.2 Å². The molecule has 1 N–H and O–H groups in total. The molecule has 2 aromatic carbocycles. The first-order valence-corrected chi connectivity index (χ1v) is 11.5. The first-order chi connectivity index (χ1) is 15.1. The summed E-state index contributed by atoms with van der Waals surface area (Å²) in [6, 6.07) is 8.05. The summed E-state index contributed by atoms with van der Waals surface area (Å²) in [5.41, 5.74) is 0.593. The first-order valence-electron chi connectivity index (χ1n) is 11.1. The van der Waals surface area contributed by atoms with E-state index in [1.165, 1.54) is 31.0 Å². The van der Waals surface area contributed by atoms with Crippen LogP contribution in [-0.4, -0.2) is 41.5 Å². The molecule has 162 valence electrons. The van der Waals surface area contributed by atoms with Gasteiger partial charge in [-0.05, 0) is 62.8 Å². The minimum atomic E-state index is -0.501. The van der Waals surface area contributed by atoms with Crippen molar-refractivity contribution in [1.29, 1.82) is 0 Å². The Kier molecular flexibility index (Phi) is 5.57. The van der Waals surface area contributed by atoms with Gasteiger partial charge in [0.15, 0.2) is 11.6 Å². The van der Waals surface area contributed by atoms with Gasteiger partial charge in [-0.25, -0.2) is 4.39 Å². The van der Waals surface area contributed by atoms with E-state index in [4.69, 9.17) is 11.6 Å². The molecule has 0 unspecified atom stereocenters. The molecule has 2 aliphatic heterocycles. The summed E-state index contributed by atoms with van der Waals surface area (Å²) in [4.78, 5) is 4.53. The Hall–Kier alpha value is -2.60. The second-order valence-corrected chi connectivity index (χ2v) is 8.86. The highest BCUT2D eigenvalue weighted by atomic mass is 35.5. The molecule has 7 heteroatoms. The number of hydrogen-bond donors (Lipinski definition) is 1. The molecule has 0 spiro atoms. The maximum absolute atomic E-state index is 14.7. The number of halogens is 2. The van der Waals surface area contributed by atoms with Crippen LogP contribution in [0.4, 0.5) is 16.0 Å². The molecule has 31 heavy (non-hydrogen) atoms. The van der Waals surface area contributed by atoms with Crippen LogP contribution in [0.25, 0.3) is 21.9 Å². The maximum atomic E-state index is 14.7. The van der Waals surface area contributed by atoms with Crippen LogP contribution in [0.3, 0.4) is 0 Å². The topological polar surface area (TPSA) is 52.5 Å². The van der Waals surface area contributed by atoms with E-state index in [9.17, 15) is 9.50 Å². The highest BCUT2D eigenvalue weighted by molar-refractivity contribution is 6.34. The smallest absolute Gasteiger partial charge is 0.159 e. The molecule has 0 amide bonds. The van der Waals surface area contributed by atoms with Crippen LogP contribution in [0.2, 0.25) is 5.02 Å². The zero-order valence-corrected chi connectivity index (χ0v) is 18.2. The number of aromatic nitrogens is 2. The molecule has 3 heterocycles. The predicted molar refractivity (Wildman–Crippen MR) is 124 cm³/mol. The molecule has 5 rings (SSSR count). The zero-order valence-electron chi connectivity index (χ0n) is 17.4. The summed E-state index contributed by atoms with van der Waals surface area (Å²) in [5, 5.41) is 21.9. The number of fused-ring (bicyclic) bond motifs is 1. The summed E-state index contributed by atoms with van der Waals surface area (Å²) in [7, 11) is 0. The fraction of sp³-hybridized carbons (Fsp3) is 0.417. The minimum absolute atomic E-state index is 0.121. The monoisotopic (exact) mass is 440 g/mol. The van der Waals surface area contributed by atoms with Crippen LogP contribution in [-0.2, 0) is 0 Å². The van der Waals surface area contributed by atoms with Crippen molar-refractivity contribution in [3.63, 3.8) is 0 Å². The van der Waals surface area contributed by atoms with E-state index in [2.05, 4.69) is 20.0 Å². The van der Waals surface area contributed by atoms with E-state index < -0.39 is 5.82 Å². The number of piperidine rings is 2. The van der Waals surface area contributed by atoms with Gasteiger partial charge in [-0.1, -0.05) is 17.7 Å². The number of benzene rings is 2. The van der Waals surface area contributed by atoms with Crippen LogP contribution in [0, 0.1) is 5.82 Å². The maximum Gasteiger partial charge on any atom is 0.159 e. The van der Waals surface area contributed by atoms with E-state index in [0.29, 0.717) is 10.6 Å². The van der Waals surface area contributed by atoms with Crippen molar-refractivity contribution in [2.45, 2.75) is 38.5 Å². The zero-order chi connectivity index (χ0) is 21.4. The van der Waals surface area contributed by atoms with E-state index in [-0.39, 0.29) is 11.3 Å². The Labute approximate surface area is 186 Å². The number of phenolic OH excluding ortho intramolecular Hbond substituents is 1.